The lowest BCUT2D eigenvalue weighted by Crippen LogP contribution is -2.52. The molecular formula is C25H26FN3O4S. The van der Waals surface area contributed by atoms with Crippen LogP contribution in [0.4, 0.5) is 21.5 Å². The van der Waals surface area contributed by atoms with E-state index >= 15 is 0 Å². The second kappa shape index (κ2) is 9.34. The number of hydrogen-bond donors (Lipinski definition) is 2. The lowest BCUT2D eigenvalue weighted by Gasteiger charge is -2.42. The van der Waals surface area contributed by atoms with E-state index in [-0.39, 0.29) is 22.2 Å². The first-order valence-corrected chi connectivity index (χ1v) is 12.4. The van der Waals surface area contributed by atoms with Crippen molar-refractivity contribution in [1.82, 2.24) is 0 Å². The van der Waals surface area contributed by atoms with Gasteiger partial charge in [0.15, 0.2) is 0 Å². The largest absolute Gasteiger partial charge is 0.478 e. The molecule has 1 saturated heterocycles. The molecule has 0 spiro atoms. The maximum absolute atomic E-state index is 13.5. The highest BCUT2D eigenvalue weighted by Gasteiger charge is 2.27. The fraction of sp³-hybridized carbons (Fsp3) is 0.240. The maximum Gasteiger partial charge on any atom is 0.337 e. The molecular weight excluding hydrogens is 457 g/mol. The third kappa shape index (κ3) is 4.99. The summed E-state index contributed by atoms with van der Waals surface area (Å²) in [6.07, 6.45) is 0. The number of nitrogens with one attached hydrogen (secondary N) is 1. The zero-order chi connectivity index (χ0) is 24.5. The number of piperazine rings is 1. The monoisotopic (exact) mass is 483 g/mol. The number of carboxylic acid groups (broad SMARTS) is 1. The Morgan fingerprint density at radius 1 is 1.06 bits per heavy atom. The minimum Gasteiger partial charge on any atom is -0.478 e. The molecule has 0 saturated carbocycles. The summed E-state index contributed by atoms with van der Waals surface area (Å²) in [5.41, 5.74) is 2.92. The van der Waals surface area contributed by atoms with Crippen LogP contribution in [0.25, 0.3) is 0 Å². The predicted octanol–water partition coefficient (Wildman–Crippen LogP) is 4.35. The predicted molar refractivity (Wildman–Crippen MR) is 131 cm³/mol. The van der Waals surface area contributed by atoms with Crippen molar-refractivity contribution >= 4 is 33.1 Å². The molecule has 1 fully saturated rings. The molecule has 0 aliphatic carbocycles. The topological polar surface area (TPSA) is 90.0 Å². The van der Waals surface area contributed by atoms with Crippen molar-refractivity contribution in [3.8, 4) is 0 Å². The smallest absolute Gasteiger partial charge is 0.337 e. The molecule has 178 valence electrons. The standard InChI is InChI=1S/C25H26FN3O4S/c1-17-5-3-7-21(13-17)29-12-11-28(16-18(29)2)24-10-9-20(15-23(24)25(30)31)27-34(32,33)22-8-4-6-19(26)14-22/h3-10,13-15,18,27H,11-12,16H2,1-2H3,(H,30,31)/t18-/m1/s1. The van der Waals surface area contributed by atoms with E-state index in [1.165, 1.54) is 29.8 Å². The molecule has 3 aromatic carbocycles. The molecule has 1 aliphatic heterocycles. The maximum atomic E-state index is 13.5. The van der Waals surface area contributed by atoms with Crippen molar-refractivity contribution in [2.75, 3.05) is 34.2 Å². The fourth-order valence-corrected chi connectivity index (χ4v) is 5.34. The zero-order valence-electron chi connectivity index (χ0n) is 18.9. The van der Waals surface area contributed by atoms with Crippen molar-refractivity contribution < 1.29 is 22.7 Å². The highest BCUT2D eigenvalue weighted by Crippen LogP contribution is 2.30. The van der Waals surface area contributed by atoms with Crippen molar-refractivity contribution in [3.05, 3.63) is 83.7 Å². The number of carbonyl (C=O) groups is 1. The number of benzene rings is 3. The van der Waals surface area contributed by atoms with Crippen LogP contribution >= 0.6 is 0 Å². The van der Waals surface area contributed by atoms with Crippen molar-refractivity contribution in [1.29, 1.82) is 0 Å². The molecule has 1 aliphatic rings. The van der Waals surface area contributed by atoms with Crippen LogP contribution < -0.4 is 14.5 Å². The zero-order valence-corrected chi connectivity index (χ0v) is 19.7. The van der Waals surface area contributed by atoms with Gasteiger partial charge in [-0.2, -0.15) is 0 Å². The summed E-state index contributed by atoms with van der Waals surface area (Å²) in [4.78, 5) is 16.1. The number of carboxylic acids is 1. The average molecular weight is 484 g/mol. The van der Waals surface area contributed by atoms with E-state index in [4.69, 9.17) is 0 Å². The molecule has 4 rings (SSSR count). The van der Waals surface area contributed by atoms with E-state index in [1.54, 1.807) is 6.07 Å². The molecule has 7 nitrogen and oxygen atoms in total. The van der Waals surface area contributed by atoms with E-state index in [1.807, 2.05) is 24.0 Å². The first kappa shape index (κ1) is 23.6. The van der Waals surface area contributed by atoms with Crippen molar-refractivity contribution in [2.45, 2.75) is 24.8 Å². The van der Waals surface area contributed by atoms with Crippen LogP contribution in [-0.4, -0.2) is 45.2 Å². The fourth-order valence-electron chi connectivity index (χ4n) is 4.26. The Kier molecular flexibility index (Phi) is 6.47. The molecule has 34 heavy (non-hydrogen) atoms. The van der Waals surface area contributed by atoms with Gasteiger partial charge in [0.1, 0.15) is 5.82 Å². The third-order valence-corrected chi connectivity index (χ3v) is 7.27. The van der Waals surface area contributed by atoms with E-state index in [0.717, 1.165) is 24.4 Å². The summed E-state index contributed by atoms with van der Waals surface area (Å²) in [6.45, 7) is 6.09. The molecule has 0 amide bonds. The lowest BCUT2D eigenvalue weighted by atomic mass is 10.1. The first-order chi connectivity index (χ1) is 16.1. The molecule has 0 bridgehead atoms. The highest BCUT2D eigenvalue weighted by molar-refractivity contribution is 7.92. The molecule has 0 radical (unpaired) electrons. The van der Waals surface area contributed by atoms with Crippen LogP contribution in [0.5, 0.6) is 0 Å². The Morgan fingerprint density at radius 3 is 2.50 bits per heavy atom. The van der Waals surface area contributed by atoms with Gasteiger partial charge < -0.3 is 14.9 Å². The van der Waals surface area contributed by atoms with Gasteiger partial charge in [-0.05, 0) is 67.9 Å². The number of hydrogen-bond acceptors (Lipinski definition) is 5. The van der Waals surface area contributed by atoms with Gasteiger partial charge in [0.2, 0.25) is 0 Å². The number of anilines is 3. The molecule has 1 heterocycles. The van der Waals surface area contributed by atoms with Crippen LogP contribution in [0.1, 0.15) is 22.8 Å². The molecule has 1 atom stereocenters. The first-order valence-electron chi connectivity index (χ1n) is 10.9. The van der Waals surface area contributed by atoms with Gasteiger partial charge in [0, 0.05) is 37.1 Å². The van der Waals surface area contributed by atoms with Gasteiger partial charge in [-0.1, -0.05) is 18.2 Å². The second-order valence-electron chi connectivity index (χ2n) is 8.43. The van der Waals surface area contributed by atoms with Gasteiger partial charge in [-0.15, -0.1) is 0 Å². The SMILES string of the molecule is Cc1cccc(N2CCN(c3ccc(NS(=O)(=O)c4cccc(F)c4)cc3C(=O)O)C[C@H]2C)c1. The molecule has 2 N–H and O–H groups in total. The van der Waals surface area contributed by atoms with Crippen molar-refractivity contribution in [2.24, 2.45) is 0 Å². The van der Waals surface area contributed by atoms with Crippen LogP contribution in [-0.2, 0) is 10.0 Å². The third-order valence-electron chi connectivity index (χ3n) is 5.89. The molecule has 0 aromatic heterocycles. The summed E-state index contributed by atoms with van der Waals surface area (Å²) < 4.78 is 41.1. The Bertz CT molecular complexity index is 1330. The summed E-state index contributed by atoms with van der Waals surface area (Å²) in [5.74, 6) is -1.83. The van der Waals surface area contributed by atoms with Gasteiger partial charge in [0.05, 0.1) is 16.1 Å². The van der Waals surface area contributed by atoms with Crippen LogP contribution in [0, 0.1) is 12.7 Å². The number of aryl methyl sites for hydroxylation is 1. The van der Waals surface area contributed by atoms with E-state index in [2.05, 4.69) is 28.7 Å². The highest BCUT2D eigenvalue weighted by atomic mass is 32.2. The quantitative estimate of drug-likeness (QED) is 0.542. The Balaban J connectivity index is 1.56. The summed E-state index contributed by atoms with van der Waals surface area (Å²) >= 11 is 0. The van der Waals surface area contributed by atoms with Crippen molar-refractivity contribution in [3.63, 3.8) is 0 Å². The van der Waals surface area contributed by atoms with E-state index in [0.29, 0.717) is 18.8 Å². The normalized spacial score (nSPS) is 16.4. The Labute approximate surface area is 198 Å². The molecule has 9 heteroatoms. The lowest BCUT2D eigenvalue weighted by molar-refractivity contribution is 0.0697. The molecule has 0 unspecified atom stereocenters. The number of nitrogens with zero attached hydrogens (tertiary/aromatic N) is 2. The Hall–Kier alpha value is -3.59. The number of rotatable bonds is 6. The number of sulfonamides is 1. The second-order valence-corrected chi connectivity index (χ2v) is 10.1. The van der Waals surface area contributed by atoms with E-state index in [9.17, 15) is 22.7 Å². The summed E-state index contributed by atoms with van der Waals surface area (Å²) in [5, 5.41) is 9.84. The van der Waals surface area contributed by atoms with Gasteiger partial charge >= 0.3 is 5.97 Å². The summed E-state index contributed by atoms with van der Waals surface area (Å²) in [7, 11) is -4.07. The number of aromatic carboxylic acids is 1. The van der Waals surface area contributed by atoms with Gasteiger partial charge in [0.25, 0.3) is 10.0 Å². The molecule has 3 aromatic rings. The van der Waals surface area contributed by atoms with Crippen LogP contribution in [0.3, 0.4) is 0 Å². The summed E-state index contributed by atoms with van der Waals surface area (Å²) in [6, 6.07) is 17.5. The number of halogens is 1. The minimum absolute atomic E-state index is 0.00403. The Morgan fingerprint density at radius 2 is 1.82 bits per heavy atom. The van der Waals surface area contributed by atoms with Crippen LogP contribution in [0.15, 0.2) is 71.6 Å². The van der Waals surface area contributed by atoms with Gasteiger partial charge in [-0.3, -0.25) is 4.72 Å². The minimum atomic E-state index is -4.07. The average Bonchev–Trinajstić information content (AvgIpc) is 2.78. The van der Waals surface area contributed by atoms with Crippen LogP contribution in [0.2, 0.25) is 0 Å². The van der Waals surface area contributed by atoms with Gasteiger partial charge in [-0.25, -0.2) is 17.6 Å². The van der Waals surface area contributed by atoms with E-state index < -0.39 is 21.8 Å².